The average molecular weight is 128 g/mol. The highest BCUT2D eigenvalue weighted by Gasteiger charge is 1.99. The minimum atomic E-state index is -0.568. The van der Waals surface area contributed by atoms with E-state index in [2.05, 4.69) is 11.3 Å². The monoisotopic (exact) mass is 128 g/mol. The lowest BCUT2D eigenvalue weighted by molar-refractivity contribution is -0.142. The Morgan fingerprint density at radius 1 is 1.89 bits per heavy atom. The maximum Gasteiger partial charge on any atom is 0.332 e. The van der Waals surface area contributed by atoms with Crippen LogP contribution in [0.3, 0.4) is 0 Å². The molecule has 0 aliphatic rings. The average Bonchev–Trinajstić information content (AvgIpc) is 1.87. The molecule has 50 valence electrons. The van der Waals surface area contributed by atoms with E-state index in [1.54, 1.807) is 6.92 Å². The lowest BCUT2D eigenvalue weighted by Crippen LogP contribution is -2.00. The van der Waals surface area contributed by atoms with Gasteiger partial charge in [0.15, 0.2) is 0 Å². The van der Waals surface area contributed by atoms with Gasteiger partial charge in [-0.15, -0.1) is 0 Å². The van der Waals surface area contributed by atoms with Crippen LogP contribution >= 0.6 is 0 Å². The maximum atomic E-state index is 10.3. The van der Waals surface area contributed by atoms with Crippen molar-refractivity contribution in [2.24, 2.45) is 0 Å². The second kappa shape index (κ2) is 3.75. The number of rotatable bonds is 2. The van der Waals surface area contributed by atoms with Gasteiger partial charge in [0.05, 0.1) is 0 Å². The number of hydrogen-bond acceptors (Lipinski definition) is 3. The highest BCUT2D eigenvalue weighted by molar-refractivity contribution is 5.69. The Kier molecular flexibility index (Phi) is 3.25. The molecule has 3 heteroatoms. The summed E-state index contributed by atoms with van der Waals surface area (Å²) in [4.78, 5) is 10.3. The van der Waals surface area contributed by atoms with Crippen LogP contribution in [-0.2, 0) is 9.53 Å². The van der Waals surface area contributed by atoms with Crippen LogP contribution in [0.2, 0.25) is 0 Å². The maximum absolute atomic E-state index is 10.3. The van der Waals surface area contributed by atoms with Gasteiger partial charge >= 0.3 is 11.9 Å². The van der Waals surface area contributed by atoms with Crippen molar-refractivity contribution in [3.8, 4) is 0 Å². The summed E-state index contributed by atoms with van der Waals surface area (Å²) < 4.78 is 4.21. The molecule has 0 rings (SSSR count). The molecule has 0 atom stereocenters. The van der Waals surface area contributed by atoms with Gasteiger partial charge in [-0.25, -0.2) is 0 Å². The number of ether oxygens (including phenoxy) is 1. The molecule has 0 radical (unpaired) electrons. The molecule has 3 nitrogen and oxygen atoms in total. The summed E-state index contributed by atoms with van der Waals surface area (Å²) in [6.07, 6.45) is 0.228. The highest BCUT2D eigenvalue weighted by atomic mass is 16.6. The van der Waals surface area contributed by atoms with Gasteiger partial charge in [-0.3, -0.25) is 4.79 Å². The van der Waals surface area contributed by atoms with Crippen molar-refractivity contribution in [3.63, 3.8) is 0 Å². The molecule has 0 unspecified atom stereocenters. The molecule has 0 amide bonds. The summed E-state index contributed by atoms with van der Waals surface area (Å²) in [6, 6.07) is 0. The molecule has 0 spiro atoms. The van der Waals surface area contributed by atoms with Gasteiger partial charge in [0.1, 0.15) is 0 Å². The topological polar surface area (TPSA) is 46.5 Å². The van der Waals surface area contributed by atoms with Crippen molar-refractivity contribution in [1.82, 2.24) is 0 Å². The van der Waals surface area contributed by atoms with Crippen LogP contribution in [0.4, 0.5) is 0 Å². The van der Waals surface area contributed by atoms with Crippen molar-refractivity contribution in [1.29, 1.82) is 0 Å². The molecule has 0 bridgehead atoms. The zero-order chi connectivity index (χ0) is 7.28. The number of esters is 1. The Morgan fingerprint density at radius 3 is 2.78 bits per heavy atom. The predicted octanol–water partition coefficient (Wildman–Crippen LogP) is 1.12. The molecule has 0 aromatic carbocycles. The van der Waals surface area contributed by atoms with E-state index in [0.29, 0.717) is 0 Å². The van der Waals surface area contributed by atoms with Gasteiger partial charge in [-0.1, -0.05) is 6.92 Å². The SMILES string of the molecule is C=C=C(O)OC(=O)CC. The van der Waals surface area contributed by atoms with Gasteiger partial charge in [0.25, 0.3) is 0 Å². The first-order valence-corrected chi connectivity index (χ1v) is 2.50. The summed E-state index contributed by atoms with van der Waals surface area (Å²) >= 11 is 0. The molecule has 1 N–H and O–H groups in total. The Hall–Kier alpha value is -1.21. The molecule has 0 saturated heterocycles. The Balaban J connectivity index is 3.74. The normalized spacial score (nSPS) is 7.67. The molecule has 0 aromatic rings. The second-order valence-electron chi connectivity index (χ2n) is 1.31. The Morgan fingerprint density at radius 2 is 2.44 bits per heavy atom. The highest BCUT2D eigenvalue weighted by Crippen LogP contribution is 1.91. The second-order valence-corrected chi connectivity index (χ2v) is 1.31. The number of aliphatic hydroxyl groups excluding tert-OH is 1. The zero-order valence-corrected chi connectivity index (χ0v) is 5.18. The third-order valence-electron chi connectivity index (χ3n) is 0.650. The summed E-state index contributed by atoms with van der Waals surface area (Å²) in [5.74, 6) is -1.06. The smallest absolute Gasteiger partial charge is 0.332 e. The van der Waals surface area contributed by atoms with E-state index < -0.39 is 11.9 Å². The van der Waals surface area contributed by atoms with Crippen LogP contribution in [0.1, 0.15) is 13.3 Å². The molecule has 0 heterocycles. The molecule has 0 aromatic heterocycles. The fraction of sp³-hybridized carbons (Fsp3) is 0.333. The standard InChI is InChI=1S/C6H8O3/c1-3-5(7)9-6(8)4-2/h7H,1,4H2,2H3. The molecule has 0 fully saturated rings. The fourth-order valence-electron chi connectivity index (χ4n) is 0.216. The van der Waals surface area contributed by atoms with E-state index in [-0.39, 0.29) is 6.42 Å². The predicted molar refractivity (Wildman–Crippen MR) is 31.7 cm³/mol. The van der Waals surface area contributed by atoms with Crippen molar-refractivity contribution < 1.29 is 14.6 Å². The number of carbonyl (C=O) groups excluding carboxylic acids is 1. The van der Waals surface area contributed by atoms with Gasteiger partial charge in [0.2, 0.25) is 0 Å². The first-order chi connectivity index (χ1) is 4.20. The van der Waals surface area contributed by atoms with Crippen LogP contribution in [-0.4, -0.2) is 11.1 Å². The minimum absolute atomic E-state index is 0.228. The third-order valence-corrected chi connectivity index (χ3v) is 0.650. The number of carbonyl (C=O) groups is 1. The van der Waals surface area contributed by atoms with Crippen LogP contribution in [0.15, 0.2) is 18.3 Å². The van der Waals surface area contributed by atoms with Crippen molar-refractivity contribution in [2.75, 3.05) is 0 Å². The Labute approximate surface area is 53.3 Å². The van der Waals surface area contributed by atoms with E-state index in [1.807, 2.05) is 5.73 Å². The van der Waals surface area contributed by atoms with Gasteiger partial charge < -0.3 is 9.84 Å². The van der Waals surface area contributed by atoms with Crippen molar-refractivity contribution in [3.05, 3.63) is 18.3 Å². The molecule has 9 heavy (non-hydrogen) atoms. The Bertz CT molecular complexity index is 154. The van der Waals surface area contributed by atoms with Crippen LogP contribution in [0.25, 0.3) is 0 Å². The van der Waals surface area contributed by atoms with Crippen molar-refractivity contribution >= 4 is 5.97 Å². The molecular formula is C6H8O3. The van der Waals surface area contributed by atoms with Crippen LogP contribution in [0, 0.1) is 0 Å². The minimum Gasteiger partial charge on any atom is -0.475 e. The van der Waals surface area contributed by atoms with Crippen LogP contribution in [0.5, 0.6) is 0 Å². The summed E-state index contributed by atoms with van der Waals surface area (Å²) in [5, 5.41) is 8.46. The third kappa shape index (κ3) is 3.38. The molecule has 0 aliphatic heterocycles. The van der Waals surface area contributed by atoms with Crippen LogP contribution < -0.4 is 0 Å². The largest absolute Gasteiger partial charge is 0.475 e. The van der Waals surface area contributed by atoms with E-state index in [9.17, 15) is 4.79 Å². The number of aliphatic hydroxyl groups is 1. The lowest BCUT2D eigenvalue weighted by Gasteiger charge is -1.94. The molecular weight excluding hydrogens is 120 g/mol. The molecule has 0 aliphatic carbocycles. The zero-order valence-electron chi connectivity index (χ0n) is 5.18. The first-order valence-electron chi connectivity index (χ1n) is 2.50. The van der Waals surface area contributed by atoms with Gasteiger partial charge in [-0.2, -0.15) is 0 Å². The summed E-state index contributed by atoms with van der Waals surface area (Å²) in [5.41, 5.74) is 2.01. The van der Waals surface area contributed by atoms with E-state index in [4.69, 9.17) is 5.11 Å². The summed E-state index contributed by atoms with van der Waals surface area (Å²) in [7, 11) is 0. The fourth-order valence-corrected chi connectivity index (χ4v) is 0.216. The lowest BCUT2D eigenvalue weighted by atomic mass is 10.5. The van der Waals surface area contributed by atoms with Gasteiger partial charge in [0, 0.05) is 6.42 Å². The summed E-state index contributed by atoms with van der Waals surface area (Å²) in [6.45, 7) is 4.68. The quantitative estimate of drug-likeness (QED) is 0.344. The first kappa shape index (κ1) is 7.79. The number of hydrogen-bond donors (Lipinski definition) is 1. The van der Waals surface area contributed by atoms with E-state index in [0.717, 1.165) is 0 Å². The molecule has 0 saturated carbocycles. The van der Waals surface area contributed by atoms with E-state index >= 15 is 0 Å². The van der Waals surface area contributed by atoms with Gasteiger partial charge in [-0.05, 0) is 12.3 Å². The van der Waals surface area contributed by atoms with E-state index in [1.165, 1.54) is 0 Å². The van der Waals surface area contributed by atoms with Crippen molar-refractivity contribution in [2.45, 2.75) is 13.3 Å².